The number of rotatable bonds is 2. The van der Waals surface area contributed by atoms with Gasteiger partial charge in [0.1, 0.15) is 0 Å². The van der Waals surface area contributed by atoms with E-state index < -0.39 is 11.9 Å². The third-order valence-corrected chi connectivity index (χ3v) is 2.84. The summed E-state index contributed by atoms with van der Waals surface area (Å²) in [6.07, 6.45) is 4.33. The zero-order valence-electron chi connectivity index (χ0n) is 7.43. The number of carboxylic acid groups (broad SMARTS) is 2. The molecule has 4 nitrogen and oxygen atoms in total. The molecule has 0 fully saturated rings. The SMILES string of the molecule is O=C(O)C1=C[C@@H]2CC(C(=O)O)=C[C@@H]2C1. The van der Waals surface area contributed by atoms with Gasteiger partial charge in [-0.05, 0) is 24.7 Å². The van der Waals surface area contributed by atoms with Gasteiger partial charge in [-0.25, -0.2) is 9.59 Å². The number of aliphatic carboxylic acids is 2. The Balaban J connectivity index is 2.12. The Kier molecular flexibility index (Phi) is 1.91. The minimum atomic E-state index is -0.885. The lowest BCUT2D eigenvalue weighted by atomic mass is 9.99. The minimum absolute atomic E-state index is 0.0900. The summed E-state index contributed by atoms with van der Waals surface area (Å²) in [4.78, 5) is 21.3. The molecule has 0 radical (unpaired) electrons. The molecule has 2 rings (SSSR count). The molecule has 0 aliphatic heterocycles. The second kappa shape index (κ2) is 2.97. The lowest BCUT2D eigenvalue weighted by Gasteiger charge is -2.04. The van der Waals surface area contributed by atoms with Crippen molar-refractivity contribution in [2.24, 2.45) is 11.8 Å². The molecule has 0 aromatic heterocycles. The van der Waals surface area contributed by atoms with Crippen molar-refractivity contribution >= 4 is 11.9 Å². The average molecular weight is 194 g/mol. The summed E-state index contributed by atoms with van der Waals surface area (Å²) in [5, 5.41) is 17.5. The highest BCUT2D eigenvalue weighted by molar-refractivity contribution is 5.89. The van der Waals surface area contributed by atoms with Gasteiger partial charge in [-0.15, -0.1) is 0 Å². The van der Waals surface area contributed by atoms with Crippen LogP contribution in [0.4, 0.5) is 0 Å². The molecule has 0 aromatic rings. The molecule has 0 saturated heterocycles. The van der Waals surface area contributed by atoms with E-state index >= 15 is 0 Å². The molecule has 0 amide bonds. The minimum Gasteiger partial charge on any atom is -0.478 e. The summed E-state index contributed by atoms with van der Waals surface area (Å²) >= 11 is 0. The Morgan fingerprint density at radius 2 is 1.36 bits per heavy atom. The predicted molar refractivity (Wildman–Crippen MR) is 47.7 cm³/mol. The molecule has 2 aliphatic carbocycles. The smallest absolute Gasteiger partial charge is 0.331 e. The van der Waals surface area contributed by atoms with Crippen LogP contribution in [0.5, 0.6) is 0 Å². The largest absolute Gasteiger partial charge is 0.478 e. The Morgan fingerprint density at radius 3 is 1.64 bits per heavy atom. The second-order valence-electron chi connectivity index (χ2n) is 3.73. The van der Waals surface area contributed by atoms with Gasteiger partial charge in [0, 0.05) is 11.1 Å². The lowest BCUT2D eigenvalue weighted by molar-refractivity contribution is -0.133. The number of carboxylic acids is 2. The molecular formula is C10H10O4. The first-order chi connectivity index (χ1) is 6.58. The quantitative estimate of drug-likeness (QED) is 0.688. The number of hydrogen-bond acceptors (Lipinski definition) is 2. The highest BCUT2D eigenvalue weighted by atomic mass is 16.4. The highest BCUT2D eigenvalue weighted by Crippen LogP contribution is 2.41. The first kappa shape index (κ1) is 8.99. The van der Waals surface area contributed by atoms with E-state index in [4.69, 9.17) is 10.2 Å². The molecule has 0 heterocycles. The van der Waals surface area contributed by atoms with Crippen LogP contribution >= 0.6 is 0 Å². The normalized spacial score (nSPS) is 29.4. The summed E-state index contributed by atoms with van der Waals surface area (Å²) in [6, 6.07) is 0. The van der Waals surface area contributed by atoms with Gasteiger partial charge in [-0.2, -0.15) is 0 Å². The first-order valence-corrected chi connectivity index (χ1v) is 4.46. The summed E-state index contributed by atoms with van der Waals surface area (Å²) in [6.45, 7) is 0. The van der Waals surface area contributed by atoms with Crippen LogP contribution in [0.3, 0.4) is 0 Å². The molecule has 0 saturated carbocycles. The Morgan fingerprint density at radius 1 is 1.00 bits per heavy atom. The van der Waals surface area contributed by atoms with Crippen LogP contribution in [0, 0.1) is 11.8 Å². The van der Waals surface area contributed by atoms with Crippen molar-refractivity contribution in [3.05, 3.63) is 23.3 Å². The molecule has 2 aliphatic rings. The second-order valence-corrected chi connectivity index (χ2v) is 3.73. The van der Waals surface area contributed by atoms with E-state index in [0.717, 1.165) is 0 Å². The van der Waals surface area contributed by atoms with Crippen molar-refractivity contribution in [3.8, 4) is 0 Å². The van der Waals surface area contributed by atoms with E-state index in [1.807, 2.05) is 0 Å². The van der Waals surface area contributed by atoms with E-state index in [0.29, 0.717) is 24.0 Å². The maximum atomic E-state index is 10.6. The summed E-state index contributed by atoms with van der Waals surface area (Å²) in [7, 11) is 0. The van der Waals surface area contributed by atoms with E-state index in [-0.39, 0.29) is 11.8 Å². The van der Waals surface area contributed by atoms with Gasteiger partial charge in [-0.1, -0.05) is 12.2 Å². The molecular weight excluding hydrogens is 184 g/mol. The van der Waals surface area contributed by atoms with Gasteiger partial charge < -0.3 is 10.2 Å². The van der Waals surface area contributed by atoms with E-state index in [1.165, 1.54) is 0 Å². The van der Waals surface area contributed by atoms with Crippen molar-refractivity contribution in [3.63, 3.8) is 0 Å². The van der Waals surface area contributed by atoms with Gasteiger partial charge in [0.05, 0.1) is 0 Å². The fraction of sp³-hybridized carbons (Fsp3) is 0.400. The van der Waals surface area contributed by atoms with Crippen LogP contribution in [0.15, 0.2) is 23.3 Å². The molecule has 4 heteroatoms. The van der Waals surface area contributed by atoms with Gasteiger partial charge in [-0.3, -0.25) is 0 Å². The van der Waals surface area contributed by atoms with Gasteiger partial charge in [0.25, 0.3) is 0 Å². The van der Waals surface area contributed by atoms with Crippen molar-refractivity contribution in [1.82, 2.24) is 0 Å². The molecule has 0 unspecified atom stereocenters. The standard InChI is InChI=1S/C10H10O4/c11-9(12)7-1-5-2-8(10(13)14)4-6(5)3-7/h1,4-6H,2-3H2,(H,11,12)(H,13,14)/t5-,6+/m1/s1. The van der Waals surface area contributed by atoms with Crippen LogP contribution in [0.1, 0.15) is 12.8 Å². The summed E-state index contributed by atoms with van der Waals surface area (Å²) in [5.74, 6) is -1.59. The molecule has 2 N–H and O–H groups in total. The molecule has 14 heavy (non-hydrogen) atoms. The van der Waals surface area contributed by atoms with E-state index in [9.17, 15) is 9.59 Å². The highest BCUT2D eigenvalue weighted by Gasteiger charge is 2.35. The van der Waals surface area contributed by atoms with Gasteiger partial charge >= 0.3 is 11.9 Å². The number of allylic oxidation sites excluding steroid dienone is 2. The predicted octanol–water partition coefficient (Wildman–Crippen LogP) is 1.05. The monoisotopic (exact) mass is 194 g/mol. The van der Waals surface area contributed by atoms with Crippen LogP contribution < -0.4 is 0 Å². The number of fused-ring (bicyclic) bond motifs is 1. The third-order valence-electron chi connectivity index (χ3n) is 2.84. The molecule has 0 bridgehead atoms. The van der Waals surface area contributed by atoms with Crippen LogP contribution in [-0.4, -0.2) is 22.2 Å². The average Bonchev–Trinajstić information content (AvgIpc) is 2.57. The van der Waals surface area contributed by atoms with Gasteiger partial charge in [0.15, 0.2) is 0 Å². The Hall–Kier alpha value is -1.58. The lowest BCUT2D eigenvalue weighted by Crippen LogP contribution is -2.00. The van der Waals surface area contributed by atoms with E-state index in [1.54, 1.807) is 12.2 Å². The third kappa shape index (κ3) is 1.32. The van der Waals surface area contributed by atoms with Crippen molar-refractivity contribution in [2.75, 3.05) is 0 Å². The number of carbonyl (C=O) groups is 2. The van der Waals surface area contributed by atoms with Crippen LogP contribution in [0.25, 0.3) is 0 Å². The first-order valence-electron chi connectivity index (χ1n) is 4.46. The van der Waals surface area contributed by atoms with Crippen LogP contribution in [0.2, 0.25) is 0 Å². The van der Waals surface area contributed by atoms with Gasteiger partial charge in [0.2, 0.25) is 0 Å². The zero-order chi connectivity index (χ0) is 10.3. The molecule has 0 aromatic carbocycles. The zero-order valence-corrected chi connectivity index (χ0v) is 7.43. The van der Waals surface area contributed by atoms with Crippen molar-refractivity contribution < 1.29 is 19.8 Å². The van der Waals surface area contributed by atoms with Crippen LogP contribution in [-0.2, 0) is 9.59 Å². The molecule has 0 spiro atoms. The maximum absolute atomic E-state index is 10.6. The Bertz CT molecular complexity index is 328. The van der Waals surface area contributed by atoms with Crippen molar-refractivity contribution in [1.29, 1.82) is 0 Å². The Labute approximate surface area is 80.5 Å². The van der Waals surface area contributed by atoms with E-state index in [2.05, 4.69) is 0 Å². The summed E-state index contributed by atoms with van der Waals surface area (Å²) < 4.78 is 0. The fourth-order valence-electron chi connectivity index (χ4n) is 2.15. The molecule has 74 valence electrons. The maximum Gasteiger partial charge on any atom is 0.331 e. The van der Waals surface area contributed by atoms with Crippen molar-refractivity contribution in [2.45, 2.75) is 12.8 Å². The summed E-state index contributed by atoms with van der Waals surface area (Å²) in [5.41, 5.74) is 0.835. The number of hydrogen-bond donors (Lipinski definition) is 2. The fourth-order valence-corrected chi connectivity index (χ4v) is 2.15. The topological polar surface area (TPSA) is 74.6 Å². The molecule has 2 atom stereocenters.